The highest BCUT2D eigenvalue weighted by Crippen LogP contribution is 2.39. The molecular formula is C34H44N4O6. The third-order valence-electron chi connectivity index (χ3n) is 7.61. The van der Waals surface area contributed by atoms with Gasteiger partial charge in [0.1, 0.15) is 11.8 Å². The number of carbonyl (C=O) groups excluding carboxylic acids is 2. The van der Waals surface area contributed by atoms with Gasteiger partial charge in [-0.2, -0.15) is 0 Å². The monoisotopic (exact) mass is 604 g/mol. The summed E-state index contributed by atoms with van der Waals surface area (Å²) in [5, 5.41) is 13.4. The third kappa shape index (κ3) is 10.6. The summed E-state index contributed by atoms with van der Waals surface area (Å²) in [7, 11) is 1.59. The van der Waals surface area contributed by atoms with Crippen molar-refractivity contribution in [1.29, 1.82) is 0 Å². The van der Waals surface area contributed by atoms with E-state index in [-0.39, 0.29) is 23.9 Å². The smallest absolute Gasteiger partial charge is 0.307 e. The molecular weight excluding hydrogens is 560 g/mol. The van der Waals surface area contributed by atoms with Crippen molar-refractivity contribution in [3.63, 3.8) is 0 Å². The Kier molecular flexibility index (Phi) is 13.5. The Morgan fingerprint density at radius 2 is 1.93 bits per heavy atom. The fourth-order valence-corrected chi connectivity index (χ4v) is 5.00. The number of amides is 2. The summed E-state index contributed by atoms with van der Waals surface area (Å²) in [5.41, 5.74) is 6.08. The van der Waals surface area contributed by atoms with Crippen LogP contribution >= 0.6 is 0 Å². The van der Waals surface area contributed by atoms with Gasteiger partial charge in [-0.25, -0.2) is 0 Å². The van der Waals surface area contributed by atoms with Crippen molar-refractivity contribution in [2.24, 2.45) is 17.6 Å². The van der Waals surface area contributed by atoms with Crippen molar-refractivity contribution in [2.45, 2.75) is 57.9 Å². The molecule has 0 radical (unpaired) electrons. The van der Waals surface area contributed by atoms with Crippen LogP contribution < -0.4 is 21.3 Å². The van der Waals surface area contributed by atoms with Crippen molar-refractivity contribution < 1.29 is 24.2 Å². The lowest BCUT2D eigenvalue weighted by Gasteiger charge is -2.22. The van der Waals surface area contributed by atoms with E-state index in [2.05, 4.69) is 29.4 Å². The van der Waals surface area contributed by atoms with Crippen LogP contribution in [0.4, 0.5) is 5.69 Å². The number of hydrogen-bond acceptors (Lipinski definition) is 6. The number of primary amides is 1. The van der Waals surface area contributed by atoms with Crippen LogP contribution in [-0.4, -0.2) is 59.0 Å². The Morgan fingerprint density at radius 3 is 2.61 bits per heavy atom. The van der Waals surface area contributed by atoms with Gasteiger partial charge < -0.3 is 30.8 Å². The van der Waals surface area contributed by atoms with Crippen LogP contribution in [-0.2, 0) is 14.4 Å². The Morgan fingerprint density at radius 1 is 1.14 bits per heavy atom. The van der Waals surface area contributed by atoms with Gasteiger partial charge in [-0.1, -0.05) is 56.2 Å². The molecule has 2 aliphatic rings. The first-order valence-corrected chi connectivity index (χ1v) is 15.2. The predicted molar refractivity (Wildman–Crippen MR) is 172 cm³/mol. The molecule has 3 unspecified atom stereocenters. The van der Waals surface area contributed by atoms with Crippen molar-refractivity contribution in [3.8, 4) is 5.75 Å². The van der Waals surface area contributed by atoms with E-state index in [0.717, 1.165) is 41.5 Å². The summed E-state index contributed by atoms with van der Waals surface area (Å²) in [4.78, 5) is 49.1. The third-order valence-corrected chi connectivity index (χ3v) is 7.61. The average molecular weight is 605 g/mol. The minimum Gasteiger partial charge on any atom is -0.497 e. The van der Waals surface area contributed by atoms with Crippen molar-refractivity contribution in [1.82, 2.24) is 9.88 Å². The second kappa shape index (κ2) is 17.5. The summed E-state index contributed by atoms with van der Waals surface area (Å²) in [5.74, 6) is -0.213. The van der Waals surface area contributed by atoms with Crippen LogP contribution in [0.25, 0.3) is 10.8 Å². The number of nitrogens with one attached hydrogen (secondary N) is 2. The molecule has 1 aliphatic heterocycles. The first kappa shape index (κ1) is 33.9. The number of nitrogens with two attached hydrogens (primary N) is 1. The van der Waals surface area contributed by atoms with Gasteiger partial charge in [0.05, 0.1) is 19.6 Å². The molecule has 5 N–H and O–H groups in total. The first-order chi connectivity index (χ1) is 21.2. The zero-order chi connectivity index (χ0) is 31.9. The van der Waals surface area contributed by atoms with Crippen molar-refractivity contribution in [2.75, 3.05) is 25.5 Å². The molecule has 2 fully saturated rings. The number of benzene rings is 2. The zero-order valence-corrected chi connectivity index (χ0v) is 25.5. The maximum atomic E-state index is 12.1. The van der Waals surface area contributed by atoms with Gasteiger partial charge in [0.25, 0.3) is 5.56 Å². The molecule has 0 bridgehead atoms. The molecule has 1 aliphatic carbocycles. The minimum atomic E-state index is -0.636. The Labute approximate surface area is 258 Å². The Bertz CT molecular complexity index is 1460. The lowest BCUT2D eigenvalue weighted by atomic mass is 10.2. The molecule has 236 valence electrons. The van der Waals surface area contributed by atoms with Crippen LogP contribution in [0.15, 0.2) is 77.7 Å². The molecule has 1 saturated carbocycles. The molecule has 44 heavy (non-hydrogen) atoms. The van der Waals surface area contributed by atoms with E-state index >= 15 is 0 Å². The highest BCUT2D eigenvalue weighted by molar-refractivity contribution is 5.89. The number of hydrogen-bond donors (Lipinski definition) is 4. The topological polar surface area (TPSA) is 155 Å². The number of fused-ring (bicyclic) bond motifs is 1. The summed E-state index contributed by atoms with van der Waals surface area (Å²) in [6.07, 6.45) is 13.1. The number of methoxy groups -OCH3 is 1. The molecule has 5 rings (SSSR count). The van der Waals surface area contributed by atoms with Crippen LogP contribution in [0.5, 0.6) is 5.75 Å². The quantitative estimate of drug-likeness (QED) is 0.178. The number of aromatic amines is 1. The standard InChI is InChI=1S/C14H19N3O3.C11H18O2.C9H7NO/c1-20-11-5-2-4-10(8-11)16-9-13(18)17-7-3-6-12(17)14(15)19;1-2-3-4-5-6-7-9-8-10(9)11(12)13;11-9-8-4-2-1-3-7(8)5-6-10-9/h2,4-5,8,12,16H,3,6-7,9H2,1H3,(H2,15,19);6-7,9-10H,2-5,8H2,1H3,(H,12,13);1-6H,(H,10,11)/b;7-6-;. The lowest BCUT2D eigenvalue weighted by Crippen LogP contribution is -2.45. The molecule has 3 aromatic rings. The number of carboxylic acids is 1. The van der Waals surface area contributed by atoms with E-state index in [1.54, 1.807) is 18.2 Å². The number of carbonyl (C=O) groups is 3. The number of likely N-dealkylation sites (tertiary alicyclic amines) is 1. The molecule has 1 saturated heterocycles. The number of unbranched alkanes of at least 4 members (excludes halogenated alkanes) is 3. The molecule has 2 amide bonds. The van der Waals surface area contributed by atoms with Gasteiger partial charge >= 0.3 is 5.97 Å². The van der Waals surface area contributed by atoms with E-state index in [9.17, 15) is 19.2 Å². The molecule has 10 nitrogen and oxygen atoms in total. The second-order valence-corrected chi connectivity index (χ2v) is 10.9. The van der Waals surface area contributed by atoms with Crippen LogP contribution in [0.3, 0.4) is 0 Å². The maximum Gasteiger partial charge on any atom is 0.307 e. The maximum absolute atomic E-state index is 12.1. The van der Waals surface area contributed by atoms with E-state index in [1.165, 1.54) is 19.3 Å². The lowest BCUT2D eigenvalue weighted by molar-refractivity contribution is -0.138. The van der Waals surface area contributed by atoms with Crippen LogP contribution in [0.2, 0.25) is 0 Å². The van der Waals surface area contributed by atoms with E-state index < -0.39 is 17.9 Å². The van der Waals surface area contributed by atoms with E-state index in [1.807, 2.05) is 54.6 Å². The number of aliphatic carboxylic acids is 1. The fraction of sp³-hybridized carbons (Fsp3) is 0.412. The molecule has 2 heterocycles. The number of rotatable bonds is 11. The number of allylic oxidation sites excluding steroid dienone is 2. The molecule has 2 aromatic carbocycles. The van der Waals surface area contributed by atoms with E-state index in [4.69, 9.17) is 15.6 Å². The largest absolute Gasteiger partial charge is 0.497 e. The molecule has 1 aromatic heterocycles. The SMILES string of the molecule is CCCCC/C=C\C1CC1C(=O)O.COc1cccc(NCC(=O)N2CCCC2C(N)=O)c1.O=c1[nH]ccc2ccccc12. The summed E-state index contributed by atoms with van der Waals surface area (Å²) >= 11 is 0. The van der Waals surface area contributed by atoms with Gasteiger partial charge in [0.15, 0.2) is 0 Å². The first-order valence-electron chi connectivity index (χ1n) is 15.2. The number of ether oxygens (including phenoxy) is 1. The minimum absolute atomic E-state index is 0.0249. The Balaban J connectivity index is 0.000000191. The molecule has 3 atom stereocenters. The Hall–Kier alpha value is -4.60. The number of nitrogens with zero attached hydrogens (tertiary/aromatic N) is 1. The summed E-state index contributed by atoms with van der Waals surface area (Å²) in [6.45, 7) is 2.91. The van der Waals surface area contributed by atoms with Crippen molar-refractivity contribution in [3.05, 3.63) is 83.3 Å². The number of H-pyrrole nitrogens is 1. The van der Waals surface area contributed by atoms with Gasteiger partial charge in [-0.3, -0.25) is 19.2 Å². The van der Waals surface area contributed by atoms with Gasteiger partial charge in [0.2, 0.25) is 11.8 Å². The highest BCUT2D eigenvalue weighted by Gasteiger charge is 2.40. The predicted octanol–water partition coefficient (Wildman–Crippen LogP) is 4.96. The van der Waals surface area contributed by atoms with Gasteiger partial charge in [-0.05, 0) is 67.7 Å². The number of anilines is 1. The average Bonchev–Trinajstić information content (AvgIpc) is 3.64. The molecule has 0 spiro atoms. The van der Waals surface area contributed by atoms with E-state index in [0.29, 0.717) is 18.9 Å². The number of carboxylic acid groups (broad SMARTS) is 1. The second-order valence-electron chi connectivity index (χ2n) is 10.9. The molecule has 10 heteroatoms. The summed E-state index contributed by atoms with van der Waals surface area (Å²) < 4.78 is 5.11. The summed E-state index contributed by atoms with van der Waals surface area (Å²) in [6, 6.07) is 16.3. The van der Waals surface area contributed by atoms with Gasteiger partial charge in [0, 0.05) is 29.9 Å². The number of aromatic nitrogens is 1. The highest BCUT2D eigenvalue weighted by atomic mass is 16.5. The number of pyridine rings is 1. The van der Waals surface area contributed by atoms with Crippen molar-refractivity contribution >= 4 is 34.2 Å². The van der Waals surface area contributed by atoms with Gasteiger partial charge in [-0.15, -0.1) is 0 Å². The van der Waals surface area contributed by atoms with Crippen LogP contribution in [0, 0.1) is 11.8 Å². The van der Waals surface area contributed by atoms with Crippen LogP contribution in [0.1, 0.15) is 51.9 Å². The normalized spacial score (nSPS) is 18.5. The zero-order valence-electron chi connectivity index (χ0n) is 25.5. The fourth-order valence-electron chi connectivity index (χ4n) is 5.00.